The molecule has 0 saturated heterocycles. The van der Waals surface area contributed by atoms with Crippen molar-refractivity contribution >= 4 is 11.9 Å². The third-order valence-corrected chi connectivity index (χ3v) is 13.9. The number of hydrogen-bond donors (Lipinski definition) is 1. The minimum atomic E-state index is -0.771. The Labute approximate surface area is 425 Å². The van der Waals surface area contributed by atoms with Crippen molar-refractivity contribution in [1.82, 2.24) is 0 Å². The lowest BCUT2D eigenvalue weighted by Gasteiger charge is -2.15. The normalized spacial score (nSPS) is 12.3. The topological polar surface area (TPSA) is 72.8 Å². The Morgan fingerprint density at radius 3 is 0.882 bits per heavy atom. The highest BCUT2D eigenvalue weighted by atomic mass is 16.6. The van der Waals surface area contributed by atoms with Crippen LogP contribution in [-0.2, 0) is 19.1 Å². The van der Waals surface area contributed by atoms with Crippen LogP contribution in [0.1, 0.15) is 335 Å². The van der Waals surface area contributed by atoms with E-state index in [9.17, 15) is 14.7 Å². The van der Waals surface area contributed by atoms with E-state index in [4.69, 9.17) is 9.47 Å². The van der Waals surface area contributed by atoms with Gasteiger partial charge in [0.05, 0.1) is 6.61 Å². The number of carbonyl (C=O) groups excluding carboxylic acids is 2. The van der Waals surface area contributed by atoms with Gasteiger partial charge in [-0.3, -0.25) is 9.59 Å². The maximum atomic E-state index is 12.3. The summed E-state index contributed by atoms with van der Waals surface area (Å²) in [5.74, 6) is -0.574. The fraction of sp³-hybridized carbons (Fsp3) is 0.873. The summed E-state index contributed by atoms with van der Waals surface area (Å²) < 4.78 is 10.7. The van der Waals surface area contributed by atoms with Crippen LogP contribution < -0.4 is 0 Å². The Kier molecular flexibility index (Phi) is 57.8. The molecule has 0 fully saturated rings. The quantitative estimate of drug-likeness (QED) is 0.0374. The smallest absolute Gasteiger partial charge is 0.306 e. The van der Waals surface area contributed by atoms with Gasteiger partial charge in [0, 0.05) is 12.8 Å². The number of allylic oxidation sites excluding steroid dienone is 6. The van der Waals surface area contributed by atoms with Crippen molar-refractivity contribution in [3.8, 4) is 0 Å². The number of ether oxygens (including phenoxy) is 2. The molecular weight excluding hydrogens is 837 g/mol. The molecule has 0 aromatic carbocycles. The Bertz CT molecular complexity index is 1080. The van der Waals surface area contributed by atoms with E-state index in [-0.39, 0.29) is 25.2 Å². The van der Waals surface area contributed by atoms with Crippen LogP contribution in [0.4, 0.5) is 0 Å². The van der Waals surface area contributed by atoms with Gasteiger partial charge in [0.15, 0.2) is 6.10 Å². The van der Waals surface area contributed by atoms with E-state index >= 15 is 0 Å². The minimum Gasteiger partial charge on any atom is -0.462 e. The van der Waals surface area contributed by atoms with Crippen molar-refractivity contribution in [2.45, 2.75) is 341 Å². The van der Waals surface area contributed by atoms with Crippen molar-refractivity contribution in [2.75, 3.05) is 13.2 Å². The first-order valence-electron chi connectivity index (χ1n) is 30.5. The second kappa shape index (κ2) is 59.4. The third-order valence-electron chi connectivity index (χ3n) is 13.9. The van der Waals surface area contributed by atoms with Crippen LogP contribution in [0.2, 0.25) is 0 Å². The molecule has 0 aliphatic heterocycles. The Hall–Kier alpha value is -1.88. The Morgan fingerprint density at radius 1 is 0.338 bits per heavy atom. The number of esters is 2. The molecule has 0 bridgehead atoms. The summed E-state index contributed by atoms with van der Waals surface area (Å²) in [5, 5.41) is 9.67. The lowest BCUT2D eigenvalue weighted by molar-refractivity contribution is -0.161. The second-order valence-electron chi connectivity index (χ2n) is 20.8. The number of rotatable bonds is 57. The highest BCUT2D eigenvalue weighted by Gasteiger charge is 2.16. The molecule has 0 saturated carbocycles. The molecule has 0 aliphatic rings. The summed E-state index contributed by atoms with van der Waals surface area (Å²) in [4.78, 5) is 24.6. The van der Waals surface area contributed by atoms with Crippen molar-refractivity contribution in [3.05, 3.63) is 36.5 Å². The van der Waals surface area contributed by atoms with Gasteiger partial charge >= 0.3 is 11.9 Å². The van der Waals surface area contributed by atoms with Gasteiger partial charge in [-0.2, -0.15) is 0 Å². The van der Waals surface area contributed by atoms with Crippen LogP contribution in [0.3, 0.4) is 0 Å². The SMILES string of the molecule is CCCCCCC/C=C\C/C=C\C/C=C\CCCCCCCCCCCCCCC(=O)OC(CO)COC(=O)CCCCCCCCCCCCCCCCCCCCCCCCCCCCC. The van der Waals surface area contributed by atoms with Gasteiger partial charge in [0.25, 0.3) is 0 Å². The van der Waals surface area contributed by atoms with E-state index in [0.717, 1.165) is 44.9 Å². The maximum Gasteiger partial charge on any atom is 0.306 e. The zero-order valence-electron chi connectivity index (χ0n) is 45.9. The molecule has 5 nitrogen and oxygen atoms in total. The van der Waals surface area contributed by atoms with Crippen molar-refractivity contribution in [2.24, 2.45) is 0 Å². The molecule has 1 atom stereocenters. The predicted octanol–water partition coefficient (Wildman–Crippen LogP) is 20.6. The number of hydrogen-bond acceptors (Lipinski definition) is 5. The third kappa shape index (κ3) is 56.7. The van der Waals surface area contributed by atoms with E-state index < -0.39 is 6.10 Å². The van der Waals surface area contributed by atoms with Crippen molar-refractivity contribution < 1.29 is 24.2 Å². The number of unbranched alkanes of at least 4 members (excludes halogenated alkanes) is 43. The molecule has 68 heavy (non-hydrogen) atoms. The summed E-state index contributed by atoms with van der Waals surface area (Å²) in [6.07, 6.45) is 77.1. The molecule has 1 unspecified atom stereocenters. The maximum absolute atomic E-state index is 12.3. The highest BCUT2D eigenvalue weighted by Crippen LogP contribution is 2.18. The first-order valence-corrected chi connectivity index (χ1v) is 30.5. The summed E-state index contributed by atoms with van der Waals surface area (Å²) in [6.45, 7) is 4.18. The van der Waals surface area contributed by atoms with Gasteiger partial charge in [-0.05, 0) is 51.4 Å². The lowest BCUT2D eigenvalue weighted by atomic mass is 10.0. The first-order chi connectivity index (χ1) is 33.6. The molecule has 0 amide bonds. The number of carbonyl (C=O) groups is 2. The molecule has 0 aromatic heterocycles. The predicted molar refractivity (Wildman–Crippen MR) is 298 cm³/mol. The monoisotopic (exact) mass is 955 g/mol. The van der Waals surface area contributed by atoms with E-state index in [1.807, 2.05) is 0 Å². The van der Waals surface area contributed by atoms with Crippen LogP contribution in [-0.4, -0.2) is 36.4 Å². The van der Waals surface area contributed by atoms with Gasteiger partial charge in [-0.1, -0.05) is 307 Å². The van der Waals surface area contributed by atoms with E-state index in [1.54, 1.807) is 0 Å². The largest absolute Gasteiger partial charge is 0.462 e. The van der Waals surface area contributed by atoms with Crippen molar-refractivity contribution in [1.29, 1.82) is 0 Å². The summed E-state index contributed by atoms with van der Waals surface area (Å²) in [6, 6.07) is 0. The highest BCUT2D eigenvalue weighted by molar-refractivity contribution is 5.70. The molecule has 0 heterocycles. The standard InChI is InChI=1S/C63H118O5/c1-3-5-7-9-11-13-15-17-19-21-23-25-27-29-31-33-35-37-39-41-43-45-47-49-51-53-55-57-62(65)67-60-61(59-64)68-63(66)58-56-54-52-50-48-46-44-42-40-38-36-34-32-30-28-26-24-22-20-18-16-14-12-10-8-6-4-2/h16,18,22,24,28,30,61,64H,3-15,17,19-21,23,25-27,29,31-60H2,1-2H3/b18-16-,24-22-,30-28-. The zero-order chi connectivity index (χ0) is 49.2. The lowest BCUT2D eigenvalue weighted by Crippen LogP contribution is -2.28. The van der Waals surface area contributed by atoms with E-state index in [0.29, 0.717) is 12.8 Å². The van der Waals surface area contributed by atoms with Gasteiger partial charge in [-0.25, -0.2) is 0 Å². The Morgan fingerprint density at radius 2 is 0.588 bits per heavy atom. The van der Waals surface area contributed by atoms with E-state index in [1.165, 1.54) is 263 Å². The molecule has 0 aliphatic carbocycles. The Balaban J connectivity index is 3.43. The fourth-order valence-electron chi connectivity index (χ4n) is 9.33. The molecule has 1 N–H and O–H groups in total. The summed E-state index contributed by atoms with van der Waals surface area (Å²) in [7, 11) is 0. The first kappa shape index (κ1) is 66.1. The number of aliphatic hydroxyl groups is 1. The molecule has 0 rings (SSSR count). The molecule has 5 heteroatoms. The van der Waals surface area contributed by atoms with Gasteiger partial charge in [-0.15, -0.1) is 0 Å². The van der Waals surface area contributed by atoms with Crippen LogP contribution in [0.25, 0.3) is 0 Å². The number of aliphatic hydroxyl groups excluding tert-OH is 1. The average molecular weight is 956 g/mol. The molecule has 0 spiro atoms. The zero-order valence-corrected chi connectivity index (χ0v) is 45.9. The molecule has 400 valence electrons. The van der Waals surface area contributed by atoms with Crippen LogP contribution in [0.15, 0.2) is 36.5 Å². The second-order valence-corrected chi connectivity index (χ2v) is 20.8. The van der Waals surface area contributed by atoms with E-state index in [2.05, 4.69) is 50.3 Å². The van der Waals surface area contributed by atoms with Gasteiger partial charge < -0.3 is 14.6 Å². The molecular formula is C63H118O5. The minimum absolute atomic E-state index is 0.0616. The molecule has 0 aromatic rings. The summed E-state index contributed by atoms with van der Waals surface area (Å²) in [5.41, 5.74) is 0. The average Bonchev–Trinajstić information content (AvgIpc) is 3.34. The van der Waals surface area contributed by atoms with Crippen LogP contribution in [0.5, 0.6) is 0 Å². The fourth-order valence-corrected chi connectivity index (χ4v) is 9.33. The van der Waals surface area contributed by atoms with Crippen molar-refractivity contribution in [3.63, 3.8) is 0 Å². The van der Waals surface area contributed by atoms with Gasteiger partial charge in [0.2, 0.25) is 0 Å². The van der Waals surface area contributed by atoms with Gasteiger partial charge in [0.1, 0.15) is 6.61 Å². The molecule has 0 radical (unpaired) electrons. The summed E-state index contributed by atoms with van der Waals surface area (Å²) >= 11 is 0. The van der Waals surface area contributed by atoms with Crippen LogP contribution in [0, 0.1) is 0 Å². The van der Waals surface area contributed by atoms with Crippen LogP contribution >= 0.6 is 0 Å².